The van der Waals surface area contributed by atoms with E-state index < -0.39 is 6.09 Å². The maximum Gasteiger partial charge on any atom is 0.412 e. The van der Waals surface area contributed by atoms with Crippen molar-refractivity contribution in [3.63, 3.8) is 0 Å². The molecule has 16 heavy (non-hydrogen) atoms. The number of rotatable bonds is 1. The fourth-order valence-electron chi connectivity index (χ4n) is 1.85. The van der Waals surface area contributed by atoms with E-state index in [1.54, 1.807) is 6.07 Å². The van der Waals surface area contributed by atoms with Crippen molar-refractivity contribution in [2.24, 2.45) is 5.73 Å². The van der Waals surface area contributed by atoms with Crippen LogP contribution in [0.2, 0.25) is 0 Å². The molecule has 0 fully saturated rings. The summed E-state index contributed by atoms with van der Waals surface area (Å²) in [6.45, 7) is 0. The summed E-state index contributed by atoms with van der Waals surface area (Å²) in [6.07, 6.45) is 1.48. The molecule has 1 aromatic carbocycles. The van der Waals surface area contributed by atoms with E-state index in [9.17, 15) is 4.79 Å². The third-order valence-electron chi connectivity index (χ3n) is 2.65. The molecule has 2 rings (SSSR count). The Morgan fingerprint density at radius 2 is 2.31 bits per heavy atom. The Morgan fingerprint density at radius 1 is 1.56 bits per heavy atom. The number of amides is 1. The summed E-state index contributed by atoms with van der Waals surface area (Å²) >= 11 is 0. The van der Waals surface area contributed by atoms with Crippen LogP contribution in [0.15, 0.2) is 18.2 Å². The molecule has 0 spiro atoms. The van der Waals surface area contributed by atoms with E-state index >= 15 is 0 Å². The SMILES string of the molecule is CNC(=O)Oc1ccc2c(c1)CCC2N.Cl. The largest absolute Gasteiger partial charge is 0.412 e. The zero-order valence-corrected chi connectivity index (χ0v) is 9.84. The maximum atomic E-state index is 11.0. The summed E-state index contributed by atoms with van der Waals surface area (Å²) in [4.78, 5) is 11.0. The second-order valence-electron chi connectivity index (χ2n) is 3.65. The van der Waals surface area contributed by atoms with Crippen molar-refractivity contribution >= 4 is 18.5 Å². The molecule has 0 heterocycles. The topological polar surface area (TPSA) is 64.3 Å². The molecule has 0 radical (unpaired) electrons. The van der Waals surface area contributed by atoms with Crippen LogP contribution in [-0.2, 0) is 6.42 Å². The van der Waals surface area contributed by atoms with Gasteiger partial charge in [0.2, 0.25) is 0 Å². The normalized spacial score (nSPS) is 17.2. The van der Waals surface area contributed by atoms with Crippen LogP contribution in [0.3, 0.4) is 0 Å². The Bertz CT molecular complexity index is 396. The van der Waals surface area contributed by atoms with Crippen LogP contribution < -0.4 is 15.8 Å². The molecular formula is C11H15ClN2O2. The van der Waals surface area contributed by atoms with Gasteiger partial charge in [-0.15, -0.1) is 12.4 Å². The number of benzene rings is 1. The van der Waals surface area contributed by atoms with Crippen LogP contribution in [0.1, 0.15) is 23.6 Å². The third kappa shape index (κ3) is 2.46. The highest BCUT2D eigenvalue weighted by Crippen LogP contribution is 2.31. The van der Waals surface area contributed by atoms with Crippen LogP contribution in [0.4, 0.5) is 4.79 Å². The molecule has 1 aliphatic rings. The van der Waals surface area contributed by atoms with Gasteiger partial charge in [0.1, 0.15) is 5.75 Å². The Kier molecular flexibility index (Phi) is 4.15. The molecule has 0 bridgehead atoms. The van der Waals surface area contributed by atoms with Gasteiger partial charge in [-0.05, 0) is 36.1 Å². The van der Waals surface area contributed by atoms with Crippen molar-refractivity contribution in [1.82, 2.24) is 5.32 Å². The van der Waals surface area contributed by atoms with Crippen LogP contribution in [0, 0.1) is 0 Å². The van der Waals surface area contributed by atoms with Gasteiger partial charge >= 0.3 is 6.09 Å². The number of hydrogen-bond acceptors (Lipinski definition) is 3. The summed E-state index contributed by atoms with van der Waals surface area (Å²) in [7, 11) is 1.53. The van der Waals surface area contributed by atoms with Gasteiger partial charge in [-0.3, -0.25) is 0 Å². The van der Waals surface area contributed by atoms with Gasteiger partial charge in [-0.1, -0.05) is 6.07 Å². The number of ether oxygens (including phenoxy) is 1. The van der Waals surface area contributed by atoms with Gasteiger partial charge in [0.05, 0.1) is 0 Å². The molecule has 1 aromatic rings. The number of aryl methyl sites for hydroxylation is 1. The number of fused-ring (bicyclic) bond motifs is 1. The first-order chi connectivity index (χ1) is 7.20. The second kappa shape index (κ2) is 5.18. The molecule has 0 aliphatic heterocycles. The minimum absolute atomic E-state index is 0. The van der Waals surface area contributed by atoms with E-state index in [2.05, 4.69) is 5.32 Å². The molecule has 0 saturated heterocycles. The first-order valence-corrected chi connectivity index (χ1v) is 4.98. The van der Waals surface area contributed by atoms with Gasteiger partial charge in [-0.2, -0.15) is 0 Å². The maximum absolute atomic E-state index is 11.0. The van der Waals surface area contributed by atoms with Crippen molar-refractivity contribution in [3.05, 3.63) is 29.3 Å². The minimum Gasteiger partial charge on any atom is -0.410 e. The summed E-state index contributed by atoms with van der Waals surface area (Å²) < 4.78 is 5.03. The first-order valence-electron chi connectivity index (χ1n) is 4.98. The van der Waals surface area contributed by atoms with Crippen molar-refractivity contribution in [3.8, 4) is 5.75 Å². The molecule has 4 nitrogen and oxygen atoms in total. The third-order valence-corrected chi connectivity index (χ3v) is 2.65. The predicted molar refractivity (Wildman–Crippen MR) is 64.0 cm³/mol. The Balaban J connectivity index is 0.00000128. The van der Waals surface area contributed by atoms with Crippen LogP contribution in [0.25, 0.3) is 0 Å². The van der Waals surface area contributed by atoms with Crippen LogP contribution in [-0.4, -0.2) is 13.1 Å². The molecule has 1 amide bonds. The van der Waals surface area contributed by atoms with E-state index in [-0.39, 0.29) is 18.4 Å². The average Bonchev–Trinajstić information content (AvgIpc) is 2.60. The zero-order valence-electron chi connectivity index (χ0n) is 9.03. The highest BCUT2D eigenvalue weighted by molar-refractivity contribution is 5.85. The van der Waals surface area contributed by atoms with E-state index in [4.69, 9.17) is 10.5 Å². The molecule has 1 atom stereocenters. The first kappa shape index (κ1) is 12.8. The summed E-state index contributed by atoms with van der Waals surface area (Å²) in [5, 5.41) is 2.40. The van der Waals surface area contributed by atoms with Crippen LogP contribution in [0.5, 0.6) is 5.75 Å². The zero-order chi connectivity index (χ0) is 10.8. The smallest absolute Gasteiger partial charge is 0.410 e. The Morgan fingerprint density at radius 3 is 3.00 bits per heavy atom. The van der Waals surface area contributed by atoms with Crippen molar-refractivity contribution < 1.29 is 9.53 Å². The van der Waals surface area contributed by atoms with E-state index in [1.165, 1.54) is 18.2 Å². The van der Waals surface area contributed by atoms with E-state index in [0.717, 1.165) is 12.8 Å². The van der Waals surface area contributed by atoms with Crippen LogP contribution >= 0.6 is 12.4 Å². The number of nitrogens with one attached hydrogen (secondary N) is 1. The van der Waals surface area contributed by atoms with Gasteiger partial charge in [-0.25, -0.2) is 4.79 Å². The second-order valence-corrected chi connectivity index (χ2v) is 3.65. The number of hydrogen-bond donors (Lipinski definition) is 2. The molecular weight excluding hydrogens is 228 g/mol. The van der Waals surface area contributed by atoms with Crippen molar-refractivity contribution in [2.45, 2.75) is 18.9 Å². The van der Waals surface area contributed by atoms with E-state index in [1.807, 2.05) is 12.1 Å². The van der Waals surface area contributed by atoms with Crippen molar-refractivity contribution in [1.29, 1.82) is 0 Å². The summed E-state index contributed by atoms with van der Waals surface area (Å²) in [5.41, 5.74) is 8.25. The molecule has 1 unspecified atom stereocenters. The number of halogens is 1. The molecule has 0 saturated carbocycles. The molecule has 3 N–H and O–H groups in total. The molecule has 5 heteroatoms. The fourth-order valence-corrected chi connectivity index (χ4v) is 1.85. The van der Waals surface area contributed by atoms with Gasteiger partial charge in [0.15, 0.2) is 0 Å². The monoisotopic (exact) mass is 242 g/mol. The number of carbonyl (C=O) groups is 1. The van der Waals surface area contributed by atoms with E-state index in [0.29, 0.717) is 5.75 Å². The minimum atomic E-state index is -0.447. The van der Waals surface area contributed by atoms with Gasteiger partial charge in [0, 0.05) is 13.1 Å². The molecule has 1 aliphatic carbocycles. The standard InChI is InChI=1S/C11H14N2O2.ClH/c1-13-11(14)15-8-3-4-9-7(6-8)2-5-10(9)12;/h3-4,6,10H,2,5,12H2,1H3,(H,13,14);1H. The highest BCUT2D eigenvalue weighted by atomic mass is 35.5. The lowest BCUT2D eigenvalue weighted by Gasteiger charge is -2.07. The quantitative estimate of drug-likeness (QED) is 0.789. The van der Waals surface area contributed by atoms with Gasteiger partial charge in [0.25, 0.3) is 0 Å². The fraction of sp³-hybridized carbons (Fsp3) is 0.364. The predicted octanol–water partition coefficient (Wildman–Crippen LogP) is 1.77. The average molecular weight is 243 g/mol. The molecule has 88 valence electrons. The van der Waals surface area contributed by atoms with Gasteiger partial charge < -0.3 is 15.8 Å². The Hall–Kier alpha value is -1.26. The Labute approximate surface area is 101 Å². The number of carbonyl (C=O) groups excluding carboxylic acids is 1. The molecule has 0 aromatic heterocycles. The lowest BCUT2D eigenvalue weighted by Crippen LogP contribution is -2.22. The highest BCUT2D eigenvalue weighted by Gasteiger charge is 2.19. The van der Waals surface area contributed by atoms with Crippen molar-refractivity contribution in [2.75, 3.05) is 7.05 Å². The lowest BCUT2D eigenvalue weighted by molar-refractivity contribution is 0.203. The summed E-state index contributed by atoms with van der Waals surface area (Å²) in [5.74, 6) is 0.571. The number of nitrogens with two attached hydrogens (primary N) is 1. The summed E-state index contributed by atoms with van der Waals surface area (Å²) in [6, 6.07) is 5.73. The lowest BCUT2D eigenvalue weighted by atomic mass is 10.1.